The molecule has 2 nitrogen and oxygen atoms in total. The Kier molecular flexibility index (Phi) is 7.44. The maximum absolute atomic E-state index is 11.8. The number of amides is 1. The fourth-order valence-corrected chi connectivity index (χ4v) is 2.26. The van der Waals surface area contributed by atoms with Crippen LogP contribution in [0.4, 0.5) is 0 Å². The average molecular weight is 227 g/mol. The third kappa shape index (κ3) is 5.00. The Hall–Kier alpha value is -0.530. The van der Waals surface area contributed by atoms with Crippen LogP contribution in [-0.4, -0.2) is 12.5 Å². The molecule has 0 aromatic carbocycles. The van der Waals surface area contributed by atoms with Crippen LogP contribution in [0.2, 0.25) is 0 Å². The van der Waals surface area contributed by atoms with E-state index in [9.17, 15) is 4.79 Å². The lowest BCUT2D eigenvalue weighted by molar-refractivity contribution is -0.125. The number of carbonyl (C=O) groups is 1. The largest absolute Gasteiger partial charge is 0.356 e. The normalized spacial score (nSPS) is 11.9. The Bertz CT molecular complexity index is 187. The van der Waals surface area contributed by atoms with Crippen LogP contribution in [0.3, 0.4) is 0 Å². The molecule has 1 N–H and O–H groups in total. The van der Waals surface area contributed by atoms with Crippen molar-refractivity contribution in [3.05, 3.63) is 0 Å². The lowest BCUT2D eigenvalue weighted by Gasteiger charge is -2.26. The molecule has 0 bridgehead atoms. The maximum Gasteiger partial charge on any atom is 0.223 e. The van der Waals surface area contributed by atoms with Crippen molar-refractivity contribution in [3.8, 4) is 0 Å². The zero-order valence-electron chi connectivity index (χ0n) is 11.8. The van der Waals surface area contributed by atoms with E-state index in [2.05, 4.69) is 46.9 Å². The van der Waals surface area contributed by atoms with E-state index in [0.717, 1.165) is 19.4 Å². The average Bonchev–Trinajstić information content (AvgIpc) is 2.18. The van der Waals surface area contributed by atoms with Crippen molar-refractivity contribution in [3.63, 3.8) is 0 Å². The van der Waals surface area contributed by atoms with E-state index in [-0.39, 0.29) is 11.8 Å². The topological polar surface area (TPSA) is 29.1 Å². The smallest absolute Gasteiger partial charge is 0.223 e. The summed E-state index contributed by atoms with van der Waals surface area (Å²) in [6, 6.07) is 0. The standard InChI is InChI=1S/C14H29NO/c1-7-12(8-2)14(16)15-9-13(10(3)4)11(5)6/h10-13H,7-9H2,1-6H3,(H,15,16). The van der Waals surface area contributed by atoms with Gasteiger partial charge in [0.2, 0.25) is 5.91 Å². The quantitative estimate of drug-likeness (QED) is 0.709. The molecule has 0 aliphatic rings. The highest BCUT2D eigenvalue weighted by Crippen LogP contribution is 2.19. The summed E-state index contributed by atoms with van der Waals surface area (Å²) in [6.07, 6.45) is 1.88. The second kappa shape index (κ2) is 7.70. The SMILES string of the molecule is CCC(CC)C(=O)NCC(C(C)C)C(C)C. The number of carbonyl (C=O) groups excluding carboxylic acids is 1. The van der Waals surface area contributed by atoms with Crippen LogP contribution in [0.25, 0.3) is 0 Å². The number of rotatable bonds is 7. The maximum atomic E-state index is 11.8. The molecule has 1 amide bonds. The molecule has 0 aromatic heterocycles. The van der Waals surface area contributed by atoms with Crippen LogP contribution in [0.5, 0.6) is 0 Å². The van der Waals surface area contributed by atoms with Gasteiger partial charge in [0.25, 0.3) is 0 Å². The molecule has 0 spiro atoms. The predicted molar refractivity (Wildman–Crippen MR) is 70.2 cm³/mol. The zero-order valence-corrected chi connectivity index (χ0v) is 11.8. The molecule has 0 saturated heterocycles. The van der Waals surface area contributed by atoms with Gasteiger partial charge in [-0.1, -0.05) is 41.5 Å². The van der Waals surface area contributed by atoms with E-state index in [1.54, 1.807) is 0 Å². The van der Waals surface area contributed by atoms with Crippen molar-refractivity contribution in [1.82, 2.24) is 5.32 Å². The Labute approximate surface area is 101 Å². The van der Waals surface area contributed by atoms with Gasteiger partial charge in [0.05, 0.1) is 0 Å². The van der Waals surface area contributed by atoms with Gasteiger partial charge in [-0.25, -0.2) is 0 Å². The molecule has 0 aliphatic carbocycles. The Morgan fingerprint density at radius 2 is 1.44 bits per heavy atom. The highest BCUT2D eigenvalue weighted by Gasteiger charge is 2.20. The molecule has 0 saturated carbocycles. The molecule has 96 valence electrons. The van der Waals surface area contributed by atoms with Gasteiger partial charge in [0.15, 0.2) is 0 Å². The summed E-state index contributed by atoms with van der Waals surface area (Å²) >= 11 is 0. The van der Waals surface area contributed by atoms with Crippen LogP contribution >= 0.6 is 0 Å². The van der Waals surface area contributed by atoms with Gasteiger partial charge in [-0.15, -0.1) is 0 Å². The molecular formula is C14H29NO. The van der Waals surface area contributed by atoms with Crippen LogP contribution in [0, 0.1) is 23.7 Å². The molecule has 0 rings (SSSR count). The summed E-state index contributed by atoms with van der Waals surface area (Å²) < 4.78 is 0. The summed E-state index contributed by atoms with van der Waals surface area (Å²) in [4.78, 5) is 11.8. The van der Waals surface area contributed by atoms with E-state index < -0.39 is 0 Å². The van der Waals surface area contributed by atoms with E-state index in [0.29, 0.717) is 17.8 Å². The molecular weight excluding hydrogens is 198 g/mol. The molecule has 2 heteroatoms. The van der Waals surface area contributed by atoms with Crippen molar-refractivity contribution in [2.75, 3.05) is 6.54 Å². The minimum atomic E-state index is 0.194. The van der Waals surface area contributed by atoms with Crippen LogP contribution in [0.1, 0.15) is 54.4 Å². The van der Waals surface area contributed by atoms with Crippen molar-refractivity contribution < 1.29 is 4.79 Å². The highest BCUT2D eigenvalue weighted by atomic mass is 16.1. The summed E-state index contributed by atoms with van der Waals surface area (Å²) in [6.45, 7) is 13.9. The van der Waals surface area contributed by atoms with Crippen molar-refractivity contribution >= 4 is 5.91 Å². The van der Waals surface area contributed by atoms with Crippen molar-refractivity contribution in [2.45, 2.75) is 54.4 Å². The molecule has 0 heterocycles. The summed E-state index contributed by atoms with van der Waals surface area (Å²) in [5.41, 5.74) is 0. The lowest BCUT2D eigenvalue weighted by atomic mass is 9.85. The number of hydrogen-bond donors (Lipinski definition) is 1. The van der Waals surface area contributed by atoms with Gasteiger partial charge < -0.3 is 5.32 Å². The molecule has 0 atom stereocenters. The molecule has 16 heavy (non-hydrogen) atoms. The third-order valence-electron chi connectivity index (χ3n) is 3.58. The fourth-order valence-electron chi connectivity index (χ4n) is 2.26. The minimum absolute atomic E-state index is 0.194. The van der Waals surface area contributed by atoms with Gasteiger partial charge in [-0.2, -0.15) is 0 Å². The number of nitrogens with one attached hydrogen (secondary N) is 1. The first-order chi connectivity index (χ1) is 7.43. The van der Waals surface area contributed by atoms with Gasteiger partial charge in [0, 0.05) is 12.5 Å². The summed E-state index contributed by atoms with van der Waals surface area (Å²) in [5, 5.41) is 3.11. The molecule has 0 unspecified atom stereocenters. The van der Waals surface area contributed by atoms with Crippen LogP contribution in [-0.2, 0) is 4.79 Å². The first-order valence-corrected chi connectivity index (χ1v) is 6.71. The Morgan fingerprint density at radius 3 is 1.75 bits per heavy atom. The summed E-state index contributed by atoms with van der Waals surface area (Å²) in [7, 11) is 0. The van der Waals surface area contributed by atoms with Crippen LogP contribution < -0.4 is 5.32 Å². The third-order valence-corrected chi connectivity index (χ3v) is 3.58. The molecule has 0 aliphatic heterocycles. The molecule has 0 fully saturated rings. The van der Waals surface area contributed by atoms with Crippen molar-refractivity contribution in [1.29, 1.82) is 0 Å². The number of hydrogen-bond acceptors (Lipinski definition) is 1. The van der Waals surface area contributed by atoms with Gasteiger partial charge in [-0.05, 0) is 30.6 Å². The van der Waals surface area contributed by atoms with Crippen LogP contribution in [0.15, 0.2) is 0 Å². The minimum Gasteiger partial charge on any atom is -0.356 e. The highest BCUT2D eigenvalue weighted by molar-refractivity contribution is 5.78. The lowest BCUT2D eigenvalue weighted by Crippen LogP contribution is -2.37. The first kappa shape index (κ1) is 15.5. The molecule has 0 radical (unpaired) electrons. The Balaban J connectivity index is 4.15. The van der Waals surface area contributed by atoms with E-state index >= 15 is 0 Å². The second-order valence-electron chi connectivity index (χ2n) is 5.41. The van der Waals surface area contributed by atoms with Gasteiger partial charge in [-0.3, -0.25) is 4.79 Å². The molecule has 0 aromatic rings. The fraction of sp³-hybridized carbons (Fsp3) is 0.929. The van der Waals surface area contributed by atoms with Gasteiger partial charge in [0.1, 0.15) is 0 Å². The van der Waals surface area contributed by atoms with E-state index in [1.807, 2.05) is 0 Å². The second-order valence-corrected chi connectivity index (χ2v) is 5.41. The van der Waals surface area contributed by atoms with Crippen molar-refractivity contribution in [2.24, 2.45) is 23.7 Å². The zero-order chi connectivity index (χ0) is 12.7. The van der Waals surface area contributed by atoms with Gasteiger partial charge >= 0.3 is 0 Å². The predicted octanol–water partition coefficient (Wildman–Crippen LogP) is 3.47. The Morgan fingerprint density at radius 1 is 1.00 bits per heavy atom. The van der Waals surface area contributed by atoms with E-state index in [1.165, 1.54) is 0 Å². The first-order valence-electron chi connectivity index (χ1n) is 6.71. The van der Waals surface area contributed by atoms with E-state index in [4.69, 9.17) is 0 Å². The summed E-state index contributed by atoms with van der Waals surface area (Å²) in [5.74, 6) is 2.26. The monoisotopic (exact) mass is 227 g/mol.